The van der Waals surface area contributed by atoms with Crippen molar-refractivity contribution in [2.24, 2.45) is 0 Å². The van der Waals surface area contributed by atoms with Gasteiger partial charge in [0.05, 0.1) is 0 Å². The number of hydrogen-bond acceptors (Lipinski definition) is 2. The van der Waals surface area contributed by atoms with E-state index in [0.717, 1.165) is 0 Å². The Hall–Kier alpha value is -0.621. The molecular formula is C6H14N2O4Se+2. The summed E-state index contributed by atoms with van der Waals surface area (Å²) < 4.78 is 0. The van der Waals surface area contributed by atoms with Gasteiger partial charge in [-0.3, -0.25) is 0 Å². The van der Waals surface area contributed by atoms with Crippen molar-refractivity contribution in [3.05, 3.63) is 0 Å². The molecule has 0 aliphatic rings. The third-order valence-corrected chi connectivity index (χ3v) is 4.01. The number of carboxylic acid groups (broad SMARTS) is 2. The van der Waals surface area contributed by atoms with Crippen molar-refractivity contribution in [3.63, 3.8) is 0 Å². The first kappa shape index (κ1) is 12.4. The van der Waals surface area contributed by atoms with Crippen molar-refractivity contribution in [3.8, 4) is 0 Å². The average Bonchev–Trinajstić information content (AvgIpc) is 2.03. The van der Waals surface area contributed by atoms with Crippen LogP contribution in [0.3, 0.4) is 0 Å². The third kappa shape index (κ3) is 5.59. The fraction of sp³-hybridized carbons (Fsp3) is 0.667. The van der Waals surface area contributed by atoms with Crippen LogP contribution < -0.4 is 11.5 Å². The minimum atomic E-state index is -0.933. The molecule has 0 aromatic heterocycles. The second-order valence-electron chi connectivity index (χ2n) is 2.61. The molecule has 0 aliphatic heterocycles. The van der Waals surface area contributed by atoms with Crippen LogP contribution in [0.15, 0.2) is 0 Å². The van der Waals surface area contributed by atoms with E-state index >= 15 is 0 Å². The summed E-state index contributed by atoms with van der Waals surface area (Å²) in [6.45, 7) is 0. The van der Waals surface area contributed by atoms with Gasteiger partial charge in [0.1, 0.15) is 0 Å². The summed E-state index contributed by atoms with van der Waals surface area (Å²) in [4.78, 5) is 20.6. The van der Waals surface area contributed by atoms with Gasteiger partial charge in [-0.2, -0.15) is 0 Å². The summed E-state index contributed by atoms with van der Waals surface area (Å²) in [5.74, 6) is -1.87. The first-order valence-electron chi connectivity index (χ1n) is 3.64. The Morgan fingerprint density at radius 2 is 1.38 bits per heavy atom. The zero-order chi connectivity index (χ0) is 10.4. The van der Waals surface area contributed by atoms with Crippen molar-refractivity contribution < 1.29 is 31.3 Å². The molecule has 7 heteroatoms. The molecule has 0 saturated heterocycles. The molecule has 0 aliphatic carbocycles. The van der Waals surface area contributed by atoms with E-state index in [9.17, 15) is 9.59 Å². The maximum absolute atomic E-state index is 10.3. The van der Waals surface area contributed by atoms with Crippen LogP contribution in [-0.2, 0) is 9.59 Å². The summed E-state index contributed by atoms with van der Waals surface area (Å²) in [6.07, 6.45) is 0. The van der Waals surface area contributed by atoms with Crippen LogP contribution in [0.1, 0.15) is 0 Å². The van der Waals surface area contributed by atoms with E-state index in [-0.39, 0.29) is 15.0 Å². The predicted molar refractivity (Wildman–Crippen MR) is 44.0 cm³/mol. The Morgan fingerprint density at radius 1 is 1.08 bits per heavy atom. The van der Waals surface area contributed by atoms with Crippen LogP contribution in [0.25, 0.3) is 0 Å². The van der Waals surface area contributed by atoms with Crippen LogP contribution in [0.4, 0.5) is 0 Å². The normalized spacial score (nSPS) is 14.9. The summed E-state index contributed by atoms with van der Waals surface area (Å²) in [5, 5.41) is 17.9. The van der Waals surface area contributed by atoms with E-state index in [0.29, 0.717) is 10.6 Å². The Morgan fingerprint density at radius 3 is 1.62 bits per heavy atom. The third-order valence-electron chi connectivity index (χ3n) is 1.34. The van der Waals surface area contributed by atoms with E-state index < -0.39 is 24.0 Å². The molecule has 6 nitrogen and oxygen atoms in total. The Bertz CT molecular complexity index is 179. The van der Waals surface area contributed by atoms with Gasteiger partial charge >= 0.3 is 80.9 Å². The fourth-order valence-electron chi connectivity index (χ4n) is 0.495. The first-order valence-corrected chi connectivity index (χ1v) is 6.07. The first-order chi connectivity index (χ1) is 5.95. The van der Waals surface area contributed by atoms with Gasteiger partial charge in [-0.05, 0) is 0 Å². The molecule has 0 radical (unpaired) electrons. The average molecular weight is 257 g/mol. The zero-order valence-corrected chi connectivity index (χ0v) is 8.82. The number of carboxylic acids is 2. The zero-order valence-electron chi connectivity index (χ0n) is 7.10. The summed E-state index contributed by atoms with van der Waals surface area (Å²) in [7, 11) is 0. The SMILES string of the molecule is [NH3+][C@@H](C[Se]C[C@H]([NH3+])C(=O)O)C(=O)O. The van der Waals surface area contributed by atoms with Crippen molar-refractivity contribution >= 4 is 26.9 Å². The van der Waals surface area contributed by atoms with Crippen LogP contribution in [0.2, 0.25) is 10.6 Å². The van der Waals surface area contributed by atoms with Crippen LogP contribution in [0, 0.1) is 0 Å². The number of hydrogen-bond donors (Lipinski definition) is 4. The molecular weight excluding hydrogens is 243 g/mol. The molecule has 0 rings (SSSR count). The van der Waals surface area contributed by atoms with Crippen molar-refractivity contribution in [2.75, 3.05) is 0 Å². The van der Waals surface area contributed by atoms with Gasteiger partial charge in [-0.15, -0.1) is 0 Å². The molecule has 0 amide bonds. The topological polar surface area (TPSA) is 130 Å². The van der Waals surface area contributed by atoms with E-state index in [1.807, 2.05) is 0 Å². The quantitative estimate of drug-likeness (QED) is 0.376. The fourth-order valence-corrected chi connectivity index (χ4v) is 2.57. The molecule has 13 heavy (non-hydrogen) atoms. The number of quaternary nitrogens is 2. The standard InChI is InChI=1S/C6H12N2O4Se/c7-3(5(9)10)1-13-2-4(8)6(11)12/h3-4H,1-2,7-8H2,(H,9,10)(H,11,12)/p+2/t3-,4-/m0/s1. The molecule has 0 heterocycles. The number of rotatable bonds is 6. The maximum atomic E-state index is 10.3. The number of carbonyl (C=O) groups is 2. The molecule has 0 fully saturated rings. The van der Waals surface area contributed by atoms with Gasteiger partial charge in [0, 0.05) is 0 Å². The van der Waals surface area contributed by atoms with Crippen LogP contribution in [-0.4, -0.2) is 49.2 Å². The Balaban J connectivity index is 3.56. The molecule has 0 unspecified atom stereocenters. The molecule has 8 N–H and O–H groups in total. The van der Waals surface area contributed by atoms with Crippen LogP contribution >= 0.6 is 0 Å². The monoisotopic (exact) mass is 258 g/mol. The molecule has 76 valence electrons. The molecule has 0 aromatic rings. The van der Waals surface area contributed by atoms with E-state index in [1.165, 1.54) is 0 Å². The van der Waals surface area contributed by atoms with Gasteiger partial charge < -0.3 is 0 Å². The number of aliphatic carboxylic acids is 2. The predicted octanol–water partition coefficient (Wildman–Crippen LogP) is -3.08. The Kier molecular flexibility index (Phi) is 5.65. The van der Waals surface area contributed by atoms with Crippen molar-refractivity contribution in [1.29, 1.82) is 0 Å². The van der Waals surface area contributed by atoms with Gasteiger partial charge in [0.25, 0.3) is 0 Å². The molecule has 2 atom stereocenters. The van der Waals surface area contributed by atoms with E-state index in [1.54, 1.807) is 0 Å². The van der Waals surface area contributed by atoms with Crippen molar-refractivity contribution in [2.45, 2.75) is 22.7 Å². The van der Waals surface area contributed by atoms with Crippen LogP contribution in [0.5, 0.6) is 0 Å². The summed E-state index contributed by atoms with van der Waals surface area (Å²) in [5.41, 5.74) is 6.85. The van der Waals surface area contributed by atoms with Gasteiger partial charge in [-0.25, -0.2) is 0 Å². The van der Waals surface area contributed by atoms with E-state index in [2.05, 4.69) is 11.5 Å². The molecule has 0 saturated carbocycles. The molecule has 0 aromatic carbocycles. The summed E-state index contributed by atoms with van der Waals surface area (Å²) in [6, 6.07) is -1.25. The summed E-state index contributed by atoms with van der Waals surface area (Å²) >= 11 is -0.00435. The second-order valence-corrected chi connectivity index (χ2v) is 4.86. The van der Waals surface area contributed by atoms with Gasteiger partial charge in [-0.1, -0.05) is 0 Å². The second kappa shape index (κ2) is 5.93. The molecule has 0 spiro atoms. The Labute approximate surface area is 81.4 Å². The van der Waals surface area contributed by atoms with Gasteiger partial charge in [0.2, 0.25) is 0 Å². The van der Waals surface area contributed by atoms with Gasteiger partial charge in [0.15, 0.2) is 0 Å². The van der Waals surface area contributed by atoms with E-state index in [4.69, 9.17) is 10.2 Å². The van der Waals surface area contributed by atoms with Crippen molar-refractivity contribution in [1.82, 2.24) is 0 Å². The minimum absolute atomic E-state index is 0.00435. The molecule has 0 bridgehead atoms.